The smallest absolute Gasteiger partial charge is 0.406 e. The molecule has 0 bridgehead atoms. The number of rotatable bonds is 3. The van der Waals surface area contributed by atoms with Crippen molar-refractivity contribution in [3.05, 3.63) is 53.1 Å². The van der Waals surface area contributed by atoms with Crippen molar-refractivity contribution < 1.29 is 26.7 Å². The largest absolute Gasteiger partial charge is 0.573 e. The maximum absolute atomic E-state index is 12.7. The fourth-order valence-electron chi connectivity index (χ4n) is 1.74. The predicted octanol–water partition coefficient (Wildman–Crippen LogP) is 5.84. The van der Waals surface area contributed by atoms with Crippen molar-refractivity contribution in [2.24, 2.45) is 0 Å². The first kappa shape index (κ1) is 15.6. The molecule has 0 aromatic heterocycles. The molecule has 0 saturated carbocycles. The summed E-state index contributed by atoms with van der Waals surface area (Å²) < 4.78 is 65.2. The van der Waals surface area contributed by atoms with Gasteiger partial charge in [-0.25, -0.2) is 8.78 Å². The van der Waals surface area contributed by atoms with Crippen molar-refractivity contribution in [2.45, 2.75) is 12.8 Å². The van der Waals surface area contributed by atoms with E-state index >= 15 is 0 Å². The van der Waals surface area contributed by atoms with Gasteiger partial charge in [0.15, 0.2) is 0 Å². The Balaban J connectivity index is 2.32. The molecular formula is C14H8ClF5O. The van der Waals surface area contributed by atoms with Gasteiger partial charge in [-0.1, -0.05) is 29.8 Å². The monoisotopic (exact) mass is 322 g/mol. The third-order valence-corrected chi connectivity index (χ3v) is 2.97. The van der Waals surface area contributed by atoms with E-state index in [1.807, 2.05) is 0 Å². The Bertz CT molecular complexity index is 622. The zero-order valence-corrected chi connectivity index (χ0v) is 11.1. The Kier molecular flexibility index (Phi) is 4.37. The molecule has 21 heavy (non-hydrogen) atoms. The average Bonchev–Trinajstić information content (AvgIpc) is 2.38. The molecule has 2 aromatic rings. The highest BCUT2D eigenvalue weighted by Gasteiger charge is 2.31. The van der Waals surface area contributed by atoms with Crippen LogP contribution in [0.1, 0.15) is 12.0 Å². The molecule has 0 radical (unpaired) electrons. The molecule has 0 aliphatic heterocycles. The van der Waals surface area contributed by atoms with Crippen molar-refractivity contribution in [1.29, 1.82) is 0 Å². The lowest BCUT2D eigenvalue weighted by molar-refractivity contribution is -0.274. The van der Waals surface area contributed by atoms with E-state index in [0.717, 1.165) is 12.1 Å². The van der Waals surface area contributed by atoms with Crippen LogP contribution in [0, 0.1) is 0 Å². The molecule has 0 amide bonds. The molecule has 2 rings (SSSR count). The molecular weight excluding hydrogens is 315 g/mol. The summed E-state index contributed by atoms with van der Waals surface area (Å²) in [5, 5.41) is 0.226. The van der Waals surface area contributed by atoms with E-state index < -0.39 is 18.5 Å². The fourth-order valence-corrected chi connectivity index (χ4v) is 1.96. The maximum Gasteiger partial charge on any atom is 0.573 e. The summed E-state index contributed by atoms with van der Waals surface area (Å²) in [4.78, 5) is 0. The summed E-state index contributed by atoms with van der Waals surface area (Å²) >= 11 is 5.93. The van der Waals surface area contributed by atoms with Gasteiger partial charge in [0.1, 0.15) is 5.75 Å². The number of ether oxygens (including phenoxy) is 1. The summed E-state index contributed by atoms with van der Waals surface area (Å²) in [6.07, 6.45) is -7.44. The Morgan fingerprint density at radius 1 is 0.952 bits per heavy atom. The molecule has 0 fully saturated rings. The Morgan fingerprint density at radius 2 is 1.57 bits per heavy atom. The van der Waals surface area contributed by atoms with Gasteiger partial charge in [-0.3, -0.25) is 0 Å². The van der Waals surface area contributed by atoms with E-state index in [4.69, 9.17) is 11.6 Å². The normalized spacial score (nSPS) is 11.8. The minimum atomic E-state index is -4.78. The molecule has 0 aliphatic carbocycles. The third kappa shape index (κ3) is 4.07. The van der Waals surface area contributed by atoms with E-state index in [1.165, 1.54) is 30.3 Å². The van der Waals surface area contributed by atoms with Crippen LogP contribution in [0.4, 0.5) is 22.0 Å². The van der Waals surface area contributed by atoms with Gasteiger partial charge in [0.25, 0.3) is 6.43 Å². The van der Waals surface area contributed by atoms with E-state index in [9.17, 15) is 22.0 Å². The van der Waals surface area contributed by atoms with Crippen LogP contribution < -0.4 is 4.74 Å². The van der Waals surface area contributed by atoms with Gasteiger partial charge in [-0.2, -0.15) is 0 Å². The Morgan fingerprint density at radius 3 is 2.10 bits per heavy atom. The van der Waals surface area contributed by atoms with E-state index in [0.29, 0.717) is 11.1 Å². The molecule has 0 aliphatic rings. The summed E-state index contributed by atoms with van der Waals surface area (Å²) in [7, 11) is 0. The molecule has 0 atom stereocenters. The molecule has 0 saturated heterocycles. The first-order valence-corrected chi connectivity index (χ1v) is 6.08. The third-order valence-electron chi connectivity index (χ3n) is 2.64. The molecule has 0 heterocycles. The fraction of sp³-hybridized carbons (Fsp3) is 0.143. The summed E-state index contributed by atoms with van der Waals surface area (Å²) in [5.41, 5.74) is 0.509. The summed E-state index contributed by atoms with van der Waals surface area (Å²) in [6.45, 7) is 0. The van der Waals surface area contributed by atoms with Gasteiger partial charge < -0.3 is 4.74 Å². The zero-order valence-electron chi connectivity index (χ0n) is 10.3. The van der Waals surface area contributed by atoms with Crippen molar-refractivity contribution >= 4 is 11.6 Å². The molecule has 2 aromatic carbocycles. The van der Waals surface area contributed by atoms with Gasteiger partial charge >= 0.3 is 6.36 Å². The highest BCUT2D eigenvalue weighted by atomic mass is 35.5. The lowest BCUT2D eigenvalue weighted by atomic mass is 10.0. The van der Waals surface area contributed by atoms with Gasteiger partial charge in [0, 0.05) is 16.1 Å². The van der Waals surface area contributed by atoms with Crippen molar-refractivity contribution in [1.82, 2.24) is 0 Å². The number of halogens is 6. The molecule has 0 N–H and O–H groups in total. The van der Waals surface area contributed by atoms with Crippen LogP contribution in [0.3, 0.4) is 0 Å². The minimum absolute atomic E-state index is 0.218. The van der Waals surface area contributed by atoms with Crippen LogP contribution in [0.25, 0.3) is 11.1 Å². The number of hydrogen-bond donors (Lipinski definition) is 0. The first-order chi connectivity index (χ1) is 9.76. The lowest BCUT2D eigenvalue weighted by Gasteiger charge is -2.11. The van der Waals surface area contributed by atoms with E-state index in [-0.39, 0.29) is 10.6 Å². The van der Waals surface area contributed by atoms with Crippen molar-refractivity contribution in [2.75, 3.05) is 0 Å². The second-order valence-electron chi connectivity index (χ2n) is 4.11. The highest BCUT2D eigenvalue weighted by Crippen LogP contribution is 2.33. The predicted molar refractivity (Wildman–Crippen MR) is 68.5 cm³/mol. The van der Waals surface area contributed by atoms with E-state index in [1.54, 1.807) is 0 Å². The zero-order chi connectivity index (χ0) is 15.6. The van der Waals surface area contributed by atoms with Crippen LogP contribution in [0.2, 0.25) is 5.02 Å². The van der Waals surface area contributed by atoms with Gasteiger partial charge in [0.2, 0.25) is 0 Å². The highest BCUT2D eigenvalue weighted by molar-refractivity contribution is 6.33. The maximum atomic E-state index is 12.7. The lowest BCUT2D eigenvalue weighted by Crippen LogP contribution is -2.16. The Hall–Kier alpha value is -1.82. The van der Waals surface area contributed by atoms with Crippen LogP contribution in [-0.4, -0.2) is 6.36 Å². The van der Waals surface area contributed by atoms with Gasteiger partial charge in [-0.05, 0) is 29.8 Å². The van der Waals surface area contributed by atoms with Crippen molar-refractivity contribution in [3.63, 3.8) is 0 Å². The molecule has 112 valence electrons. The molecule has 7 heteroatoms. The number of alkyl halides is 5. The minimum Gasteiger partial charge on any atom is -0.406 e. The van der Waals surface area contributed by atoms with Crippen LogP contribution >= 0.6 is 11.6 Å². The van der Waals surface area contributed by atoms with Crippen LogP contribution in [0.5, 0.6) is 5.75 Å². The van der Waals surface area contributed by atoms with Crippen LogP contribution in [0.15, 0.2) is 42.5 Å². The first-order valence-electron chi connectivity index (χ1n) is 5.70. The molecule has 0 spiro atoms. The van der Waals surface area contributed by atoms with Crippen LogP contribution in [-0.2, 0) is 0 Å². The molecule has 0 unspecified atom stereocenters. The molecule has 1 nitrogen and oxygen atoms in total. The number of hydrogen-bond acceptors (Lipinski definition) is 1. The SMILES string of the molecule is FC(F)c1ccc(Cl)c(-c2ccc(OC(F)(F)F)cc2)c1. The topological polar surface area (TPSA) is 9.23 Å². The summed E-state index contributed by atoms with van der Waals surface area (Å²) in [6, 6.07) is 8.53. The second-order valence-corrected chi connectivity index (χ2v) is 4.52. The summed E-state index contributed by atoms with van der Waals surface area (Å²) in [5.74, 6) is -0.396. The van der Waals surface area contributed by atoms with E-state index in [2.05, 4.69) is 4.74 Å². The van der Waals surface area contributed by atoms with Gasteiger partial charge in [0.05, 0.1) is 0 Å². The Labute approximate surface area is 121 Å². The standard InChI is InChI=1S/C14H8ClF5O/c15-12-6-3-9(13(16)17)7-11(12)8-1-4-10(5-2-8)21-14(18,19)20/h1-7,13H. The quantitative estimate of drug-likeness (QED) is 0.645. The average molecular weight is 323 g/mol. The van der Waals surface area contributed by atoms with Gasteiger partial charge in [-0.15, -0.1) is 13.2 Å². The number of benzene rings is 2. The second kappa shape index (κ2) is 5.89. The van der Waals surface area contributed by atoms with Crippen molar-refractivity contribution in [3.8, 4) is 16.9 Å².